The lowest BCUT2D eigenvalue weighted by atomic mass is 9.76. The Morgan fingerprint density at radius 2 is 2.12 bits per heavy atom. The largest absolute Gasteiger partial charge is 0.454 e. The van der Waals surface area contributed by atoms with Crippen LogP contribution in [-0.2, 0) is 16.0 Å². The molecule has 0 spiro atoms. The number of carbonyl (C=O) groups excluding carboxylic acids is 2. The molecule has 6 nitrogen and oxygen atoms in total. The Bertz CT molecular complexity index is 661. The lowest BCUT2D eigenvalue weighted by Crippen LogP contribution is -2.46. The maximum Gasteiger partial charge on any atom is 0.231 e. The van der Waals surface area contributed by atoms with Crippen molar-refractivity contribution >= 4 is 11.8 Å². The van der Waals surface area contributed by atoms with Crippen molar-refractivity contribution in [2.45, 2.75) is 39.0 Å². The third-order valence-electron chi connectivity index (χ3n) is 5.05. The molecule has 2 amide bonds. The van der Waals surface area contributed by atoms with Crippen molar-refractivity contribution in [2.75, 3.05) is 26.9 Å². The minimum absolute atomic E-state index is 0.0209. The monoisotopic (exact) mass is 346 g/mol. The SMILES string of the molecule is CNC(=O)CCCN1C[C@@](C)(Cc2ccc3c(c2)OCO3)CCC1=O. The summed E-state index contributed by atoms with van der Waals surface area (Å²) in [6.45, 7) is 3.89. The molecule has 3 rings (SSSR count). The van der Waals surface area contributed by atoms with Gasteiger partial charge in [0.15, 0.2) is 11.5 Å². The normalized spacial score (nSPS) is 22.2. The van der Waals surface area contributed by atoms with Crippen LogP contribution in [0.25, 0.3) is 0 Å². The summed E-state index contributed by atoms with van der Waals surface area (Å²) in [6, 6.07) is 6.07. The Kier molecular flexibility index (Phi) is 5.16. The molecule has 136 valence electrons. The number of fused-ring (bicyclic) bond motifs is 1. The Hall–Kier alpha value is -2.24. The molecule has 25 heavy (non-hydrogen) atoms. The van der Waals surface area contributed by atoms with Crippen molar-refractivity contribution < 1.29 is 19.1 Å². The average Bonchev–Trinajstić information content (AvgIpc) is 3.05. The number of nitrogens with one attached hydrogen (secondary N) is 1. The Labute approximate surface area is 148 Å². The van der Waals surface area contributed by atoms with Gasteiger partial charge in [0.25, 0.3) is 0 Å². The van der Waals surface area contributed by atoms with E-state index < -0.39 is 0 Å². The second-order valence-corrected chi connectivity index (χ2v) is 7.27. The zero-order chi connectivity index (χ0) is 17.9. The molecule has 1 aromatic carbocycles. The second kappa shape index (κ2) is 7.33. The summed E-state index contributed by atoms with van der Waals surface area (Å²) < 4.78 is 10.8. The lowest BCUT2D eigenvalue weighted by Gasteiger charge is -2.40. The van der Waals surface area contributed by atoms with E-state index in [1.54, 1.807) is 7.05 Å². The fraction of sp³-hybridized carbons (Fsp3) is 0.579. The summed E-state index contributed by atoms with van der Waals surface area (Å²) in [4.78, 5) is 25.5. The van der Waals surface area contributed by atoms with Gasteiger partial charge in [-0.2, -0.15) is 0 Å². The fourth-order valence-corrected chi connectivity index (χ4v) is 3.64. The number of hydrogen-bond acceptors (Lipinski definition) is 4. The van der Waals surface area contributed by atoms with Gasteiger partial charge in [-0.3, -0.25) is 9.59 Å². The molecular weight excluding hydrogens is 320 g/mol. The van der Waals surface area contributed by atoms with Gasteiger partial charge >= 0.3 is 0 Å². The summed E-state index contributed by atoms with van der Waals surface area (Å²) in [5, 5.41) is 2.62. The van der Waals surface area contributed by atoms with Crippen molar-refractivity contribution in [3.05, 3.63) is 23.8 Å². The molecule has 0 aliphatic carbocycles. The molecule has 0 aromatic heterocycles. The Morgan fingerprint density at radius 3 is 2.92 bits per heavy atom. The van der Waals surface area contributed by atoms with Crippen LogP contribution in [0, 0.1) is 5.41 Å². The average molecular weight is 346 g/mol. The van der Waals surface area contributed by atoms with Gasteiger partial charge in [0, 0.05) is 33.0 Å². The lowest BCUT2D eigenvalue weighted by molar-refractivity contribution is -0.137. The van der Waals surface area contributed by atoms with E-state index in [1.807, 2.05) is 17.0 Å². The van der Waals surface area contributed by atoms with Crippen LogP contribution in [0.1, 0.15) is 38.2 Å². The number of piperidine rings is 1. The predicted molar refractivity (Wildman–Crippen MR) is 93.5 cm³/mol. The van der Waals surface area contributed by atoms with Crippen LogP contribution in [0.2, 0.25) is 0 Å². The molecule has 0 radical (unpaired) electrons. The van der Waals surface area contributed by atoms with E-state index in [4.69, 9.17) is 9.47 Å². The molecule has 0 bridgehead atoms. The van der Waals surface area contributed by atoms with Crippen molar-refractivity contribution in [3.63, 3.8) is 0 Å². The number of hydrogen-bond donors (Lipinski definition) is 1. The van der Waals surface area contributed by atoms with Crippen molar-refractivity contribution in [1.82, 2.24) is 10.2 Å². The van der Waals surface area contributed by atoms with E-state index in [9.17, 15) is 9.59 Å². The summed E-state index contributed by atoms with van der Waals surface area (Å²) in [5.74, 6) is 1.81. The summed E-state index contributed by atoms with van der Waals surface area (Å²) in [7, 11) is 1.64. The maximum absolute atomic E-state index is 12.2. The quantitative estimate of drug-likeness (QED) is 0.857. The number of nitrogens with zero attached hydrogens (tertiary/aromatic N) is 1. The highest BCUT2D eigenvalue weighted by Gasteiger charge is 2.35. The topological polar surface area (TPSA) is 67.9 Å². The number of carbonyl (C=O) groups is 2. The zero-order valence-electron chi connectivity index (χ0n) is 15.0. The third-order valence-corrected chi connectivity index (χ3v) is 5.05. The minimum Gasteiger partial charge on any atom is -0.454 e. The van der Waals surface area contributed by atoms with Crippen molar-refractivity contribution in [2.24, 2.45) is 5.41 Å². The first kappa shape index (κ1) is 17.6. The number of benzene rings is 1. The molecule has 1 aromatic rings. The predicted octanol–water partition coefficient (Wildman–Crippen LogP) is 2.11. The molecule has 2 aliphatic rings. The molecule has 0 unspecified atom stereocenters. The van der Waals surface area contributed by atoms with Crippen LogP contribution in [0.3, 0.4) is 0 Å². The van der Waals surface area contributed by atoms with Crippen LogP contribution >= 0.6 is 0 Å². The number of amides is 2. The van der Waals surface area contributed by atoms with E-state index in [2.05, 4.69) is 18.3 Å². The highest BCUT2D eigenvalue weighted by Crippen LogP contribution is 2.37. The van der Waals surface area contributed by atoms with Crippen molar-refractivity contribution in [1.29, 1.82) is 0 Å². The molecule has 6 heteroatoms. The number of likely N-dealkylation sites (tertiary alicyclic amines) is 1. The first-order chi connectivity index (χ1) is 12.0. The van der Waals surface area contributed by atoms with Crippen LogP contribution in [0.5, 0.6) is 11.5 Å². The molecule has 0 saturated carbocycles. The maximum atomic E-state index is 12.2. The second-order valence-electron chi connectivity index (χ2n) is 7.27. The van der Waals surface area contributed by atoms with E-state index in [1.165, 1.54) is 5.56 Å². The van der Waals surface area contributed by atoms with Crippen molar-refractivity contribution in [3.8, 4) is 11.5 Å². The van der Waals surface area contributed by atoms with Gasteiger partial charge in [0.2, 0.25) is 18.6 Å². The smallest absolute Gasteiger partial charge is 0.231 e. The molecule has 1 atom stereocenters. The van der Waals surface area contributed by atoms with E-state index in [-0.39, 0.29) is 24.0 Å². The van der Waals surface area contributed by atoms with Gasteiger partial charge in [-0.05, 0) is 42.4 Å². The Morgan fingerprint density at radius 1 is 1.32 bits per heavy atom. The zero-order valence-corrected chi connectivity index (χ0v) is 15.0. The molecule has 1 saturated heterocycles. The van der Waals surface area contributed by atoms with Crippen LogP contribution in [0.15, 0.2) is 18.2 Å². The van der Waals surface area contributed by atoms with E-state index in [0.717, 1.165) is 30.9 Å². The number of rotatable bonds is 6. The third kappa shape index (κ3) is 4.24. The summed E-state index contributed by atoms with van der Waals surface area (Å²) in [6.07, 6.45) is 3.50. The van der Waals surface area contributed by atoms with Crippen LogP contribution in [-0.4, -0.2) is 43.6 Å². The van der Waals surface area contributed by atoms with Crippen LogP contribution in [0.4, 0.5) is 0 Å². The van der Waals surface area contributed by atoms with Crippen LogP contribution < -0.4 is 14.8 Å². The molecule has 1 N–H and O–H groups in total. The van der Waals surface area contributed by atoms with Gasteiger partial charge in [-0.1, -0.05) is 13.0 Å². The van der Waals surface area contributed by atoms with Gasteiger partial charge in [0.05, 0.1) is 0 Å². The summed E-state index contributed by atoms with van der Waals surface area (Å²) >= 11 is 0. The standard InChI is InChI=1S/C19H26N2O4/c1-19(11-14-5-6-15-16(10-14)25-13-24-15)8-7-18(23)21(12-19)9-3-4-17(22)20-2/h5-6,10H,3-4,7-9,11-13H2,1-2H3,(H,20,22)/t19-/m1/s1. The van der Waals surface area contributed by atoms with Gasteiger partial charge in [-0.25, -0.2) is 0 Å². The van der Waals surface area contributed by atoms with Gasteiger partial charge in [-0.15, -0.1) is 0 Å². The minimum atomic E-state index is 0.0209. The fourth-order valence-electron chi connectivity index (χ4n) is 3.64. The molecular formula is C19H26N2O4. The highest BCUT2D eigenvalue weighted by molar-refractivity contribution is 5.77. The van der Waals surface area contributed by atoms with E-state index >= 15 is 0 Å². The first-order valence-electron chi connectivity index (χ1n) is 8.86. The highest BCUT2D eigenvalue weighted by atomic mass is 16.7. The first-order valence-corrected chi connectivity index (χ1v) is 8.86. The summed E-state index contributed by atoms with van der Waals surface area (Å²) in [5.41, 5.74) is 1.24. The molecule has 1 fully saturated rings. The van der Waals surface area contributed by atoms with Gasteiger partial charge < -0.3 is 19.7 Å². The Balaban J connectivity index is 1.60. The molecule has 2 heterocycles. The van der Waals surface area contributed by atoms with E-state index in [0.29, 0.717) is 25.8 Å². The molecule has 2 aliphatic heterocycles. The van der Waals surface area contributed by atoms with Gasteiger partial charge in [0.1, 0.15) is 0 Å². The number of ether oxygens (including phenoxy) is 2.